The van der Waals surface area contributed by atoms with E-state index in [4.69, 9.17) is 5.73 Å². The van der Waals surface area contributed by atoms with Crippen LogP contribution in [0.1, 0.15) is 12.5 Å². The first kappa shape index (κ1) is 17.0. The minimum Gasteiger partial charge on any atom is -0.398 e. The van der Waals surface area contributed by atoms with E-state index in [1.165, 1.54) is 4.90 Å². The molecule has 0 heterocycles. The Kier molecular flexibility index (Phi) is 5.72. The van der Waals surface area contributed by atoms with Gasteiger partial charge in [0.2, 0.25) is 11.8 Å². The summed E-state index contributed by atoms with van der Waals surface area (Å²) in [5.74, 6) is -0.213. The molecule has 0 saturated carbocycles. The second-order valence-corrected chi connectivity index (χ2v) is 5.39. The van der Waals surface area contributed by atoms with Crippen molar-refractivity contribution in [2.45, 2.75) is 19.9 Å². The third-order valence-corrected chi connectivity index (χ3v) is 3.56. The number of amides is 2. The molecular formula is C15H24N4O2. The third kappa shape index (κ3) is 4.46. The molecule has 116 valence electrons. The van der Waals surface area contributed by atoms with Gasteiger partial charge in [0.05, 0.1) is 12.6 Å². The zero-order chi connectivity index (χ0) is 16.2. The number of benzene rings is 1. The van der Waals surface area contributed by atoms with E-state index in [1.54, 1.807) is 51.2 Å². The lowest BCUT2D eigenvalue weighted by Crippen LogP contribution is -2.44. The lowest BCUT2D eigenvalue weighted by molar-refractivity contribution is -0.131. The normalized spacial score (nSPS) is 12.1. The Morgan fingerprint density at radius 3 is 2.48 bits per heavy atom. The highest BCUT2D eigenvalue weighted by molar-refractivity contribution is 5.96. The summed E-state index contributed by atoms with van der Waals surface area (Å²) in [5.41, 5.74) is 7.99. The molecule has 3 N–H and O–H groups in total. The molecule has 0 aliphatic heterocycles. The second kappa shape index (κ2) is 7.08. The Morgan fingerprint density at radius 1 is 1.29 bits per heavy atom. The summed E-state index contributed by atoms with van der Waals surface area (Å²) in [6.45, 7) is 3.81. The lowest BCUT2D eigenvalue weighted by Gasteiger charge is -2.25. The van der Waals surface area contributed by atoms with E-state index in [2.05, 4.69) is 5.32 Å². The summed E-state index contributed by atoms with van der Waals surface area (Å²) in [6, 6.07) is 4.97. The topological polar surface area (TPSA) is 78.7 Å². The van der Waals surface area contributed by atoms with Crippen LogP contribution in [0.4, 0.5) is 11.4 Å². The average molecular weight is 292 g/mol. The number of nitrogens with zero attached hydrogens (tertiary/aromatic N) is 2. The number of carbonyl (C=O) groups is 2. The molecule has 0 aliphatic rings. The molecule has 0 saturated heterocycles. The van der Waals surface area contributed by atoms with Crippen molar-refractivity contribution in [1.29, 1.82) is 0 Å². The molecule has 0 aliphatic carbocycles. The molecule has 6 heteroatoms. The molecular weight excluding hydrogens is 268 g/mol. The number of nitrogens with one attached hydrogen (secondary N) is 1. The number of rotatable bonds is 5. The van der Waals surface area contributed by atoms with Gasteiger partial charge >= 0.3 is 0 Å². The zero-order valence-corrected chi connectivity index (χ0v) is 13.3. The van der Waals surface area contributed by atoms with Crippen LogP contribution in [0.5, 0.6) is 0 Å². The number of hydrogen-bond acceptors (Lipinski definition) is 4. The van der Waals surface area contributed by atoms with Crippen LogP contribution in [0, 0.1) is 6.92 Å². The standard InChI is InChI=1S/C15H24N4O2/c1-10-12(16)7-6-8-13(10)17-15(21)11(2)19(5)9-14(20)18(3)4/h6-8,11H,9,16H2,1-5H3,(H,17,21). The van der Waals surface area contributed by atoms with E-state index in [1.807, 2.05) is 6.92 Å². The number of nitrogens with two attached hydrogens (primary N) is 1. The first-order chi connectivity index (χ1) is 9.73. The monoisotopic (exact) mass is 292 g/mol. The molecule has 21 heavy (non-hydrogen) atoms. The van der Waals surface area contributed by atoms with Crippen molar-refractivity contribution in [2.75, 3.05) is 38.7 Å². The minimum atomic E-state index is -0.422. The number of carbonyl (C=O) groups excluding carboxylic acids is 2. The van der Waals surface area contributed by atoms with Crippen LogP contribution in [-0.4, -0.2) is 55.3 Å². The summed E-state index contributed by atoms with van der Waals surface area (Å²) >= 11 is 0. The van der Waals surface area contributed by atoms with Gasteiger partial charge in [0.25, 0.3) is 0 Å². The number of likely N-dealkylation sites (N-methyl/N-ethyl adjacent to an activating group) is 2. The maximum absolute atomic E-state index is 12.3. The predicted molar refractivity (Wildman–Crippen MR) is 85.0 cm³/mol. The quantitative estimate of drug-likeness (QED) is 0.791. The van der Waals surface area contributed by atoms with Crippen LogP contribution in [-0.2, 0) is 9.59 Å². The van der Waals surface area contributed by atoms with E-state index < -0.39 is 6.04 Å². The van der Waals surface area contributed by atoms with Crippen molar-refractivity contribution in [3.63, 3.8) is 0 Å². The molecule has 0 fully saturated rings. The van der Waals surface area contributed by atoms with Gasteiger partial charge in [0.15, 0.2) is 0 Å². The van der Waals surface area contributed by atoms with Gasteiger partial charge in [-0.15, -0.1) is 0 Å². The lowest BCUT2D eigenvalue weighted by atomic mass is 10.1. The fourth-order valence-electron chi connectivity index (χ4n) is 1.72. The number of anilines is 2. The molecule has 0 bridgehead atoms. The molecule has 0 aromatic heterocycles. The summed E-state index contributed by atoms with van der Waals surface area (Å²) in [7, 11) is 5.13. The Labute approximate surface area is 125 Å². The van der Waals surface area contributed by atoms with E-state index in [-0.39, 0.29) is 18.4 Å². The van der Waals surface area contributed by atoms with Gasteiger partial charge in [0, 0.05) is 25.5 Å². The van der Waals surface area contributed by atoms with Gasteiger partial charge in [-0.2, -0.15) is 0 Å². The van der Waals surface area contributed by atoms with Crippen LogP contribution in [0.15, 0.2) is 18.2 Å². The van der Waals surface area contributed by atoms with E-state index in [9.17, 15) is 9.59 Å². The average Bonchev–Trinajstić information content (AvgIpc) is 2.42. The van der Waals surface area contributed by atoms with E-state index in [0.717, 1.165) is 5.56 Å². The summed E-state index contributed by atoms with van der Waals surface area (Å²) < 4.78 is 0. The van der Waals surface area contributed by atoms with Crippen LogP contribution in [0.25, 0.3) is 0 Å². The van der Waals surface area contributed by atoms with Crippen molar-refractivity contribution < 1.29 is 9.59 Å². The molecule has 1 atom stereocenters. The zero-order valence-electron chi connectivity index (χ0n) is 13.3. The third-order valence-electron chi connectivity index (χ3n) is 3.56. The molecule has 1 aromatic rings. The van der Waals surface area contributed by atoms with Gasteiger partial charge in [0.1, 0.15) is 0 Å². The first-order valence-electron chi connectivity index (χ1n) is 6.80. The first-order valence-corrected chi connectivity index (χ1v) is 6.80. The summed E-state index contributed by atoms with van der Waals surface area (Å²) in [6.07, 6.45) is 0. The number of hydrogen-bond donors (Lipinski definition) is 2. The number of nitrogen functional groups attached to an aromatic ring is 1. The predicted octanol–water partition coefficient (Wildman–Crippen LogP) is 0.924. The molecule has 1 aromatic carbocycles. The summed E-state index contributed by atoms with van der Waals surface area (Å²) in [4.78, 5) is 27.1. The van der Waals surface area contributed by atoms with Crippen LogP contribution in [0.3, 0.4) is 0 Å². The molecule has 0 spiro atoms. The Hall–Kier alpha value is -2.08. The molecule has 6 nitrogen and oxygen atoms in total. The van der Waals surface area contributed by atoms with Gasteiger partial charge in [-0.25, -0.2) is 0 Å². The fraction of sp³-hybridized carbons (Fsp3) is 0.467. The Morgan fingerprint density at radius 2 is 1.90 bits per heavy atom. The van der Waals surface area contributed by atoms with E-state index in [0.29, 0.717) is 11.4 Å². The minimum absolute atomic E-state index is 0.0442. The second-order valence-electron chi connectivity index (χ2n) is 5.39. The summed E-state index contributed by atoms with van der Waals surface area (Å²) in [5, 5.41) is 2.85. The largest absolute Gasteiger partial charge is 0.398 e. The van der Waals surface area contributed by atoms with Crippen molar-refractivity contribution in [1.82, 2.24) is 9.80 Å². The highest BCUT2D eigenvalue weighted by Gasteiger charge is 2.21. The van der Waals surface area contributed by atoms with Crippen LogP contribution >= 0.6 is 0 Å². The van der Waals surface area contributed by atoms with Crippen molar-refractivity contribution in [3.05, 3.63) is 23.8 Å². The Balaban J connectivity index is 2.70. The van der Waals surface area contributed by atoms with Gasteiger partial charge in [-0.1, -0.05) is 6.07 Å². The molecule has 1 rings (SSSR count). The van der Waals surface area contributed by atoms with Crippen LogP contribution in [0.2, 0.25) is 0 Å². The van der Waals surface area contributed by atoms with Crippen molar-refractivity contribution in [3.8, 4) is 0 Å². The highest BCUT2D eigenvalue weighted by Crippen LogP contribution is 2.20. The van der Waals surface area contributed by atoms with Gasteiger partial charge in [-0.3, -0.25) is 14.5 Å². The smallest absolute Gasteiger partial charge is 0.241 e. The maximum atomic E-state index is 12.3. The molecule has 1 unspecified atom stereocenters. The van der Waals surface area contributed by atoms with Crippen molar-refractivity contribution >= 4 is 23.2 Å². The molecule has 0 radical (unpaired) electrons. The molecule has 2 amide bonds. The fourth-order valence-corrected chi connectivity index (χ4v) is 1.72. The van der Waals surface area contributed by atoms with Gasteiger partial charge < -0.3 is 16.0 Å². The Bertz CT molecular complexity index is 528. The maximum Gasteiger partial charge on any atom is 0.241 e. The SMILES string of the molecule is Cc1c(N)cccc1NC(=O)C(C)N(C)CC(=O)N(C)C. The highest BCUT2D eigenvalue weighted by atomic mass is 16.2. The van der Waals surface area contributed by atoms with Gasteiger partial charge in [-0.05, 0) is 38.6 Å². The van der Waals surface area contributed by atoms with Crippen molar-refractivity contribution in [2.24, 2.45) is 0 Å². The van der Waals surface area contributed by atoms with E-state index >= 15 is 0 Å². The van der Waals surface area contributed by atoms with Crippen LogP contribution < -0.4 is 11.1 Å².